The van der Waals surface area contributed by atoms with Crippen molar-refractivity contribution in [3.63, 3.8) is 0 Å². The summed E-state index contributed by atoms with van der Waals surface area (Å²) in [6, 6.07) is 0. The zero-order valence-corrected chi connectivity index (χ0v) is 11.7. The van der Waals surface area contributed by atoms with Crippen molar-refractivity contribution in [2.24, 2.45) is 16.7 Å². The molecule has 1 saturated carbocycles. The number of likely N-dealkylation sites (tertiary alicyclic amines) is 1. The molecule has 2 heteroatoms. The van der Waals surface area contributed by atoms with Crippen molar-refractivity contribution in [3.8, 4) is 0 Å². The molecular formula is C15H27NO. The number of hydrogen-bond donors (Lipinski definition) is 0. The van der Waals surface area contributed by atoms with Crippen LogP contribution in [0.1, 0.15) is 52.9 Å². The molecule has 1 aliphatic heterocycles. The molecule has 1 saturated heterocycles. The van der Waals surface area contributed by atoms with E-state index in [0.717, 1.165) is 25.3 Å². The zero-order valence-electron chi connectivity index (χ0n) is 11.7. The number of hydrogen-bond acceptors (Lipinski definition) is 2. The van der Waals surface area contributed by atoms with Crippen LogP contribution in [0.4, 0.5) is 0 Å². The molecule has 0 amide bonds. The topological polar surface area (TPSA) is 20.3 Å². The van der Waals surface area contributed by atoms with Crippen LogP contribution in [-0.4, -0.2) is 30.8 Å². The lowest BCUT2D eigenvalue weighted by molar-refractivity contribution is -0.116. The minimum atomic E-state index is 0.00672. The Morgan fingerprint density at radius 1 is 1.29 bits per heavy atom. The maximum absolute atomic E-state index is 11.4. The molecule has 0 spiro atoms. The van der Waals surface area contributed by atoms with Crippen molar-refractivity contribution >= 4 is 6.29 Å². The molecule has 2 aliphatic rings. The van der Waals surface area contributed by atoms with Crippen molar-refractivity contribution in [2.45, 2.75) is 52.9 Å². The first-order chi connectivity index (χ1) is 7.95. The summed E-state index contributed by atoms with van der Waals surface area (Å²) in [5.41, 5.74) is 0.422. The van der Waals surface area contributed by atoms with Gasteiger partial charge in [0.05, 0.1) is 0 Å². The predicted octanol–water partition coefficient (Wildman–Crippen LogP) is 3.11. The standard InChI is InChI=1S/C15H27NO/c1-14(2,3)13-6-9-16(10-13)11-15(12-17)7-4-5-8-15/h12-13H,4-11H2,1-3H3. The van der Waals surface area contributed by atoms with Gasteiger partial charge in [0.25, 0.3) is 0 Å². The van der Waals surface area contributed by atoms with Gasteiger partial charge >= 0.3 is 0 Å². The smallest absolute Gasteiger partial charge is 0.127 e. The molecule has 0 aromatic carbocycles. The Morgan fingerprint density at radius 3 is 2.41 bits per heavy atom. The fraction of sp³-hybridized carbons (Fsp3) is 0.933. The van der Waals surface area contributed by atoms with Crippen LogP contribution in [0.15, 0.2) is 0 Å². The van der Waals surface area contributed by atoms with Gasteiger partial charge in [0.2, 0.25) is 0 Å². The maximum Gasteiger partial charge on any atom is 0.127 e. The predicted molar refractivity (Wildman–Crippen MR) is 71.0 cm³/mol. The first kappa shape index (κ1) is 13.1. The van der Waals surface area contributed by atoms with Gasteiger partial charge in [0.1, 0.15) is 6.29 Å². The van der Waals surface area contributed by atoms with Gasteiger partial charge in [-0.3, -0.25) is 0 Å². The molecule has 1 atom stereocenters. The molecule has 2 nitrogen and oxygen atoms in total. The van der Waals surface area contributed by atoms with Crippen molar-refractivity contribution in [2.75, 3.05) is 19.6 Å². The molecule has 2 rings (SSSR count). The van der Waals surface area contributed by atoms with Gasteiger partial charge in [-0.05, 0) is 37.1 Å². The van der Waals surface area contributed by atoms with Crippen LogP contribution in [0.2, 0.25) is 0 Å². The third-order valence-corrected chi connectivity index (χ3v) is 4.88. The van der Waals surface area contributed by atoms with E-state index >= 15 is 0 Å². The molecule has 98 valence electrons. The van der Waals surface area contributed by atoms with Gasteiger partial charge < -0.3 is 9.69 Å². The lowest BCUT2D eigenvalue weighted by atomic mass is 9.80. The van der Waals surface area contributed by atoms with Crippen LogP contribution in [0, 0.1) is 16.7 Å². The highest BCUT2D eigenvalue weighted by Crippen LogP contribution is 2.40. The van der Waals surface area contributed by atoms with E-state index in [-0.39, 0.29) is 5.41 Å². The van der Waals surface area contributed by atoms with Crippen molar-refractivity contribution in [3.05, 3.63) is 0 Å². The van der Waals surface area contributed by atoms with Crippen LogP contribution in [0.25, 0.3) is 0 Å². The second kappa shape index (κ2) is 4.72. The van der Waals surface area contributed by atoms with Gasteiger partial charge in [-0.15, -0.1) is 0 Å². The van der Waals surface area contributed by atoms with E-state index in [9.17, 15) is 4.79 Å². The Hall–Kier alpha value is -0.370. The van der Waals surface area contributed by atoms with Crippen LogP contribution < -0.4 is 0 Å². The van der Waals surface area contributed by atoms with E-state index in [1.54, 1.807) is 0 Å². The summed E-state index contributed by atoms with van der Waals surface area (Å²) in [5.74, 6) is 0.799. The normalized spacial score (nSPS) is 29.7. The number of aldehydes is 1. The van der Waals surface area contributed by atoms with Crippen molar-refractivity contribution < 1.29 is 4.79 Å². The number of nitrogens with zero attached hydrogens (tertiary/aromatic N) is 1. The van der Waals surface area contributed by atoms with E-state index in [4.69, 9.17) is 0 Å². The van der Waals surface area contributed by atoms with E-state index in [1.165, 1.54) is 38.6 Å². The summed E-state index contributed by atoms with van der Waals surface area (Å²) >= 11 is 0. The average Bonchev–Trinajstić information content (AvgIpc) is 2.87. The highest BCUT2D eigenvalue weighted by atomic mass is 16.1. The summed E-state index contributed by atoms with van der Waals surface area (Å²) in [4.78, 5) is 13.9. The van der Waals surface area contributed by atoms with Gasteiger partial charge in [0, 0.05) is 18.5 Å². The second-order valence-corrected chi connectivity index (χ2v) is 7.27. The Bertz CT molecular complexity index is 273. The summed E-state index contributed by atoms with van der Waals surface area (Å²) in [6.07, 6.45) is 7.29. The quantitative estimate of drug-likeness (QED) is 0.703. The third kappa shape index (κ3) is 2.90. The fourth-order valence-corrected chi connectivity index (χ4v) is 3.52. The maximum atomic E-state index is 11.4. The molecule has 2 fully saturated rings. The zero-order chi connectivity index (χ0) is 12.5. The first-order valence-electron chi connectivity index (χ1n) is 7.14. The van der Waals surface area contributed by atoms with Crippen LogP contribution in [0.5, 0.6) is 0 Å². The van der Waals surface area contributed by atoms with Crippen molar-refractivity contribution in [1.82, 2.24) is 4.90 Å². The lowest BCUT2D eigenvalue weighted by Gasteiger charge is -2.30. The van der Waals surface area contributed by atoms with Gasteiger partial charge in [-0.1, -0.05) is 33.6 Å². The van der Waals surface area contributed by atoms with Crippen LogP contribution in [-0.2, 0) is 4.79 Å². The largest absolute Gasteiger partial charge is 0.303 e. The molecular weight excluding hydrogens is 210 g/mol. The highest BCUT2D eigenvalue weighted by Gasteiger charge is 2.39. The van der Waals surface area contributed by atoms with E-state index in [0.29, 0.717) is 5.41 Å². The minimum Gasteiger partial charge on any atom is -0.303 e. The molecule has 0 aromatic heterocycles. The van der Waals surface area contributed by atoms with E-state index in [2.05, 4.69) is 25.7 Å². The van der Waals surface area contributed by atoms with Crippen LogP contribution in [0.3, 0.4) is 0 Å². The Kier molecular flexibility index (Phi) is 3.63. The monoisotopic (exact) mass is 237 g/mol. The summed E-state index contributed by atoms with van der Waals surface area (Å²) < 4.78 is 0. The second-order valence-electron chi connectivity index (χ2n) is 7.27. The summed E-state index contributed by atoms with van der Waals surface area (Å²) in [7, 11) is 0. The molecule has 0 radical (unpaired) electrons. The molecule has 1 heterocycles. The SMILES string of the molecule is CC(C)(C)C1CCN(CC2(C=O)CCCC2)C1. The first-order valence-corrected chi connectivity index (χ1v) is 7.14. The van der Waals surface area contributed by atoms with E-state index in [1.807, 2.05) is 0 Å². The van der Waals surface area contributed by atoms with Gasteiger partial charge in [0.15, 0.2) is 0 Å². The molecule has 0 bridgehead atoms. The highest BCUT2D eigenvalue weighted by molar-refractivity contribution is 5.60. The molecule has 1 unspecified atom stereocenters. The third-order valence-electron chi connectivity index (χ3n) is 4.88. The number of rotatable bonds is 3. The molecule has 0 N–H and O–H groups in total. The van der Waals surface area contributed by atoms with Crippen molar-refractivity contribution in [1.29, 1.82) is 0 Å². The van der Waals surface area contributed by atoms with Crippen LogP contribution >= 0.6 is 0 Å². The Labute approximate surface area is 106 Å². The Balaban J connectivity index is 1.91. The van der Waals surface area contributed by atoms with Gasteiger partial charge in [-0.25, -0.2) is 0 Å². The summed E-state index contributed by atoms with van der Waals surface area (Å²) in [6.45, 7) is 10.4. The fourth-order valence-electron chi connectivity index (χ4n) is 3.52. The summed E-state index contributed by atoms with van der Waals surface area (Å²) in [5, 5.41) is 0. The minimum absolute atomic E-state index is 0.00672. The van der Waals surface area contributed by atoms with Gasteiger partial charge in [-0.2, -0.15) is 0 Å². The van der Waals surface area contributed by atoms with E-state index < -0.39 is 0 Å². The molecule has 1 aliphatic carbocycles. The Morgan fingerprint density at radius 2 is 1.94 bits per heavy atom. The molecule has 0 aromatic rings. The lowest BCUT2D eigenvalue weighted by Crippen LogP contribution is -2.37. The number of carbonyl (C=O) groups excluding carboxylic acids is 1. The molecule has 17 heavy (non-hydrogen) atoms. The average molecular weight is 237 g/mol. The number of carbonyl (C=O) groups is 1.